The van der Waals surface area contributed by atoms with E-state index in [0.29, 0.717) is 23.8 Å². The second-order valence-electron chi connectivity index (χ2n) is 5.55. The monoisotopic (exact) mass is 283 g/mol. The fourth-order valence-corrected chi connectivity index (χ4v) is 3.27. The van der Waals surface area contributed by atoms with Crippen molar-refractivity contribution >= 4 is 17.5 Å². The Kier molecular flexibility index (Phi) is 4.56. The number of furan rings is 1. The Morgan fingerprint density at radius 3 is 2.63 bits per heavy atom. The summed E-state index contributed by atoms with van der Waals surface area (Å²) in [4.78, 5) is 12.2. The second kappa shape index (κ2) is 6.00. The third-order valence-electron chi connectivity index (χ3n) is 4.06. The molecule has 106 valence electrons. The number of carbonyl (C=O) groups excluding carboxylic acids is 1. The van der Waals surface area contributed by atoms with Gasteiger partial charge in [0, 0.05) is 17.5 Å². The van der Waals surface area contributed by atoms with E-state index in [4.69, 9.17) is 16.0 Å². The first-order chi connectivity index (χ1) is 8.99. The quantitative estimate of drug-likeness (QED) is 0.859. The molecular weight excluding hydrogens is 262 g/mol. The van der Waals surface area contributed by atoms with Gasteiger partial charge in [-0.2, -0.15) is 0 Å². The van der Waals surface area contributed by atoms with Crippen LogP contribution >= 0.6 is 11.6 Å². The van der Waals surface area contributed by atoms with E-state index in [2.05, 4.69) is 5.32 Å². The summed E-state index contributed by atoms with van der Waals surface area (Å²) in [5.41, 5.74) is 1.63. The maximum absolute atomic E-state index is 12.2. The molecular formula is C15H22ClNO2. The van der Waals surface area contributed by atoms with E-state index in [-0.39, 0.29) is 11.3 Å². The van der Waals surface area contributed by atoms with Crippen molar-refractivity contribution in [3.8, 4) is 0 Å². The van der Waals surface area contributed by atoms with Gasteiger partial charge in [-0.3, -0.25) is 4.79 Å². The summed E-state index contributed by atoms with van der Waals surface area (Å²) in [6.07, 6.45) is 4.43. The lowest BCUT2D eigenvalue weighted by Crippen LogP contribution is -2.32. The lowest BCUT2D eigenvalue weighted by molar-refractivity contribution is 0.0941. The minimum atomic E-state index is -0.0245. The van der Waals surface area contributed by atoms with Crippen LogP contribution in [0.3, 0.4) is 0 Å². The van der Waals surface area contributed by atoms with Gasteiger partial charge in [-0.15, -0.1) is 11.6 Å². The van der Waals surface area contributed by atoms with Crippen LogP contribution in [0.2, 0.25) is 0 Å². The zero-order valence-electron chi connectivity index (χ0n) is 11.9. The zero-order chi connectivity index (χ0) is 14.0. The van der Waals surface area contributed by atoms with Gasteiger partial charge < -0.3 is 9.73 Å². The van der Waals surface area contributed by atoms with Gasteiger partial charge in [-0.25, -0.2) is 0 Å². The van der Waals surface area contributed by atoms with E-state index in [1.54, 1.807) is 0 Å². The number of nitrogens with one attached hydrogen (secondary N) is 1. The molecule has 1 N–H and O–H groups in total. The van der Waals surface area contributed by atoms with Crippen molar-refractivity contribution in [3.05, 3.63) is 22.6 Å². The van der Waals surface area contributed by atoms with Crippen molar-refractivity contribution < 1.29 is 9.21 Å². The smallest absolute Gasteiger partial charge is 0.255 e. The molecule has 1 heterocycles. The average Bonchev–Trinajstić information content (AvgIpc) is 2.61. The molecule has 19 heavy (non-hydrogen) atoms. The summed E-state index contributed by atoms with van der Waals surface area (Å²) in [7, 11) is 0. The molecule has 0 saturated heterocycles. The molecule has 2 unspecified atom stereocenters. The van der Waals surface area contributed by atoms with Gasteiger partial charge in [-0.05, 0) is 46.0 Å². The van der Waals surface area contributed by atoms with Crippen molar-refractivity contribution in [1.82, 2.24) is 5.32 Å². The molecule has 0 bridgehead atoms. The number of amides is 1. The molecule has 0 aliphatic heterocycles. The van der Waals surface area contributed by atoms with E-state index in [1.807, 2.05) is 20.8 Å². The Balaban J connectivity index is 1.94. The summed E-state index contributed by atoms with van der Waals surface area (Å²) in [6.45, 7) is 6.37. The Hall–Kier alpha value is -0.960. The van der Waals surface area contributed by atoms with E-state index in [0.717, 1.165) is 37.0 Å². The number of halogens is 1. The fourth-order valence-electron chi connectivity index (χ4n) is 2.86. The molecule has 1 aromatic rings. The normalized spacial score (nSPS) is 23.4. The van der Waals surface area contributed by atoms with Crippen molar-refractivity contribution in [3.63, 3.8) is 0 Å². The minimum absolute atomic E-state index is 0.0245. The highest BCUT2D eigenvalue weighted by molar-refractivity contribution is 6.20. The van der Waals surface area contributed by atoms with Gasteiger partial charge in [-0.1, -0.05) is 6.42 Å². The summed E-state index contributed by atoms with van der Waals surface area (Å²) in [5.74, 6) is 2.00. The Morgan fingerprint density at radius 1 is 1.32 bits per heavy atom. The highest BCUT2D eigenvalue weighted by atomic mass is 35.5. The first-order valence-electron chi connectivity index (χ1n) is 6.98. The zero-order valence-corrected chi connectivity index (χ0v) is 12.6. The van der Waals surface area contributed by atoms with Gasteiger partial charge in [0.2, 0.25) is 0 Å². The van der Waals surface area contributed by atoms with Crippen LogP contribution in [0.4, 0.5) is 0 Å². The molecule has 2 rings (SSSR count). The molecule has 0 aromatic carbocycles. The third kappa shape index (κ3) is 3.33. The largest absolute Gasteiger partial charge is 0.466 e. The fraction of sp³-hybridized carbons (Fsp3) is 0.667. The van der Waals surface area contributed by atoms with Gasteiger partial charge in [0.25, 0.3) is 5.91 Å². The molecule has 2 atom stereocenters. The summed E-state index contributed by atoms with van der Waals surface area (Å²) < 4.78 is 5.49. The molecule has 1 aliphatic carbocycles. The highest BCUT2D eigenvalue weighted by Gasteiger charge is 2.23. The van der Waals surface area contributed by atoms with E-state index < -0.39 is 0 Å². The first kappa shape index (κ1) is 14.4. The number of rotatable bonds is 3. The maximum atomic E-state index is 12.2. The van der Waals surface area contributed by atoms with Gasteiger partial charge in [0.15, 0.2) is 0 Å². The van der Waals surface area contributed by atoms with Gasteiger partial charge in [0.1, 0.15) is 11.5 Å². The maximum Gasteiger partial charge on any atom is 0.255 e. The van der Waals surface area contributed by atoms with Crippen LogP contribution in [-0.2, 0) is 0 Å². The number of aryl methyl sites for hydroxylation is 2. The van der Waals surface area contributed by atoms with Crippen LogP contribution in [-0.4, -0.2) is 17.8 Å². The predicted molar refractivity (Wildman–Crippen MR) is 76.9 cm³/mol. The number of hydrogen-bond acceptors (Lipinski definition) is 2. The standard InChI is InChI=1S/C15H22ClNO2/c1-9-10(2)19-11(3)14(9)15(18)17-8-12-5-4-6-13(16)7-12/h12-13H,4-8H2,1-3H3,(H,17,18). The molecule has 1 amide bonds. The predicted octanol–water partition coefficient (Wildman–Crippen LogP) is 3.73. The van der Waals surface area contributed by atoms with Crippen LogP contribution in [0.1, 0.15) is 53.1 Å². The lowest BCUT2D eigenvalue weighted by Gasteiger charge is -2.25. The number of carbonyl (C=O) groups is 1. The molecule has 3 nitrogen and oxygen atoms in total. The lowest BCUT2D eigenvalue weighted by atomic mass is 9.89. The summed E-state index contributed by atoms with van der Waals surface area (Å²) >= 11 is 6.17. The van der Waals surface area contributed by atoms with Crippen molar-refractivity contribution in [1.29, 1.82) is 0 Å². The topological polar surface area (TPSA) is 42.2 Å². The second-order valence-corrected chi connectivity index (χ2v) is 6.17. The van der Waals surface area contributed by atoms with Crippen LogP contribution in [0.25, 0.3) is 0 Å². The molecule has 1 fully saturated rings. The molecule has 0 radical (unpaired) electrons. The van der Waals surface area contributed by atoms with Crippen molar-refractivity contribution in [2.45, 2.75) is 51.8 Å². The first-order valence-corrected chi connectivity index (χ1v) is 7.41. The minimum Gasteiger partial charge on any atom is -0.466 e. The Morgan fingerprint density at radius 2 is 2.05 bits per heavy atom. The summed E-state index contributed by atoms with van der Waals surface area (Å²) in [5, 5.41) is 3.30. The molecule has 0 spiro atoms. The van der Waals surface area contributed by atoms with Crippen LogP contribution < -0.4 is 5.32 Å². The van der Waals surface area contributed by atoms with E-state index in [1.165, 1.54) is 0 Å². The Bertz CT molecular complexity index is 467. The molecule has 1 aliphatic rings. The average molecular weight is 284 g/mol. The summed E-state index contributed by atoms with van der Waals surface area (Å²) in [6, 6.07) is 0. The Labute approximate surface area is 119 Å². The van der Waals surface area contributed by atoms with Crippen molar-refractivity contribution in [2.24, 2.45) is 5.92 Å². The van der Waals surface area contributed by atoms with Crippen LogP contribution in [0.15, 0.2) is 4.42 Å². The van der Waals surface area contributed by atoms with Crippen LogP contribution in [0, 0.1) is 26.7 Å². The third-order valence-corrected chi connectivity index (χ3v) is 4.45. The SMILES string of the molecule is Cc1oc(C)c(C(=O)NCC2CCCC(Cl)C2)c1C. The van der Waals surface area contributed by atoms with Gasteiger partial charge >= 0.3 is 0 Å². The number of alkyl halides is 1. The van der Waals surface area contributed by atoms with E-state index in [9.17, 15) is 4.79 Å². The molecule has 1 aromatic heterocycles. The molecule has 1 saturated carbocycles. The molecule has 4 heteroatoms. The highest BCUT2D eigenvalue weighted by Crippen LogP contribution is 2.27. The van der Waals surface area contributed by atoms with Crippen molar-refractivity contribution in [2.75, 3.05) is 6.54 Å². The van der Waals surface area contributed by atoms with E-state index >= 15 is 0 Å². The van der Waals surface area contributed by atoms with Crippen LogP contribution in [0.5, 0.6) is 0 Å². The number of hydrogen-bond donors (Lipinski definition) is 1. The van der Waals surface area contributed by atoms with Gasteiger partial charge in [0.05, 0.1) is 5.56 Å².